The summed E-state index contributed by atoms with van der Waals surface area (Å²) < 4.78 is 10.7. The average molecular weight is 304 g/mol. The Bertz CT molecular complexity index is 712. The lowest BCUT2D eigenvalue weighted by atomic mass is 9.94. The van der Waals surface area contributed by atoms with E-state index in [1.807, 2.05) is 0 Å². The fraction of sp³-hybridized carbons (Fsp3) is 0.250. The predicted molar refractivity (Wildman–Crippen MR) is 77.5 cm³/mol. The van der Waals surface area contributed by atoms with Gasteiger partial charge in [0.1, 0.15) is 23.4 Å². The lowest BCUT2D eigenvalue weighted by Gasteiger charge is -2.31. The molecule has 0 unspecified atom stereocenters. The Hall–Kier alpha value is -2.60. The molecule has 0 aliphatic carbocycles. The Kier molecular flexibility index (Phi) is 3.46. The first-order chi connectivity index (χ1) is 10.5. The van der Waals surface area contributed by atoms with Crippen LogP contribution < -0.4 is 9.47 Å². The van der Waals surface area contributed by atoms with Gasteiger partial charge in [0.25, 0.3) is 0 Å². The maximum atomic E-state index is 10.3. The van der Waals surface area contributed by atoms with Crippen LogP contribution in [0.25, 0.3) is 0 Å². The van der Waals surface area contributed by atoms with E-state index in [-0.39, 0.29) is 23.7 Å². The first-order valence-corrected chi connectivity index (χ1v) is 6.76. The molecule has 4 N–H and O–H groups in total. The summed E-state index contributed by atoms with van der Waals surface area (Å²) in [4.78, 5) is 0. The summed E-state index contributed by atoms with van der Waals surface area (Å²) >= 11 is 0. The van der Waals surface area contributed by atoms with E-state index < -0.39 is 12.2 Å². The molecule has 1 aliphatic rings. The molecule has 22 heavy (non-hydrogen) atoms. The first kappa shape index (κ1) is 14.3. The SMILES string of the molecule is COc1ccc([C@H]2Oc3cc(O)cc(O)c3C[C@@H]2O)cc1O. The van der Waals surface area contributed by atoms with E-state index in [2.05, 4.69) is 0 Å². The second-order valence-corrected chi connectivity index (χ2v) is 5.18. The van der Waals surface area contributed by atoms with Gasteiger partial charge in [0, 0.05) is 24.1 Å². The highest BCUT2D eigenvalue weighted by atomic mass is 16.5. The van der Waals surface area contributed by atoms with Gasteiger partial charge in [-0.2, -0.15) is 0 Å². The normalized spacial score (nSPS) is 20.1. The van der Waals surface area contributed by atoms with Crippen LogP contribution in [0.5, 0.6) is 28.7 Å². The summed E-state index contributed by atoms with van der Waals surface area (Å²) in [7, 11) is 1.45. The van der Waals surface area contributed by atoms with Gasteiger partial charge < -0.3 is 29.9 Å². The molecule has 2 atom stereocenters. The van der Waals surface area contributed by atoms with Gasteiger partial charge in [0.15, 0.2) is 11.5 Å². The Morgan fingerprint density at radius 1 is 1.09 bits per heavy atom. The van der Waals surface area contributed by atoms with E-state index in [1.165, 1.54) is 25.3 Å². The lowest BCUT2D eigenvalue weighted by Crippen LogP contribution is -2.30. The zero-order valence-electron chi connectivity index (χ0n) is 11.9. The standard InChI is InChI=1S/C16H16O6/c1-21-14-3-2-8(4-12(14)19)16-13(20)7-10-11(18)5-9(17)6-15(10)22-16/h2-6,13,16-20H,7H2,1H3/t13-,16+/m0/s1. The van der Waals surface area contributed by atoms with Crippen molar-refractivity contribution in [2.75, 3.05) is 7.11 Å². The van der Waals surface area contributed by atoms with Crippen LogP contribution >= 0.6 is 0 Å². The monoisotopic (exact) mass is 304 g/mol. The molecule has 2 aromatic rings. The quantitative estimate of drug-likeness (QED) is 0.676. The highest BCUT2D eigenvalue weighted by Crippen LogP contribution is 2.42. The second kappa shape index (κ2) is 5.31. The van der Waals surface area contributed by atoms with Crippen molar-refractivity contribution in [2.45, 2.75) is 18.6 Å². The fourth-order valence-electron chi connectivity index (χ4n) is 2.63. The van der Waals surface area contributed by atoms with Gasteiger partial charge in [-0.3, -0.25) is 0 Å². The number of methoxy groups -OCH3 is 1. The molecular formula is C16H16O6. The van der Waals surface area contributed by atoms with E-state index in [1.54, 1.807) is 12.1 Å². The molecule has 3 rings (SSSR count). The molecule has 6 heteroatoms. The van der Waals surface area contributed by atoms with Crippen LogP contribution in [0.4, 0.5) is 0 Å². The van der Waals surface area contributed by atoms with Gasteiger partial charge in [0.2, 0.25) is 0 Å². The number of rotatable bonds is 2. The molecule has 0 amide bonds. The summed E-state index contributed by atoms with van der Waals surface area (Å²) in [5, 5.41) is 39.5. The smallest absolute Gasteiger partial charge is 0.160 e. The van der Waals surface area contributed by atoms with Crippen LogP contribution in [0.15, 0.2) is 30.3 Å². The van der Waals surface area contributed by atoms with Crippen molar-refractivity contribution in [3.05, 3.63) is 41.5 Å². The number of phenols is 3. The third kappa shape index (κ3) is 2.37. The molecule has 116 valence electrons. The largest absolute Gasteiger partial charge is 0.508 e. The van der Waals surface area contributed by atoms with Crippen molar-refractivity contribution in [1.29, 1.82) is 0 Å². The number of aromatic hydroxyl groups is 3. The van der Waals surface area contributed by atoms with Gasteiger partial charge in [-0.1, -0.05) is 6.07 Å². The van der Waals surface area contributed by atoms with Crippen LogP contribution in [-0.2, 0) is 6.42 Å². The number of phenolic OH excluding ortho intramolecular Hbond substituents is 3. The third-order valence-electron chi connectivity index (χ3n) is 3.72. The van der Waals surface area contributed by atoms with Gasteiger partial charge >= 0.3 is 0 Å². The maximum Gasteiger partial charge on any atom is 0.160 e. The molecule has 0 spiro atoms. The number of aliphatic hydroxyl groups is 1. The Morgan fingerprint density at radius 2 is 1.86 bits per heavy atom. The predicted octanol–water partition coefficient (Wildman–Crippen LogP) is 1.85. The first-order valence-electron chi connectivity index (χ1n) is 6.76. The molecule has 0 saturated carbocycles. The minimum atomic E-state index is -0.893. The summed E-state index contributed by atoms with van der Waals surface area (Å²) in [5.41, 5.74) is 1.01. The minimum Gasteiger partial charge on any atom is -0.508 e. The van der Waals surface area contributed by atoms with Crippen LogP contribution in [0, 0.1) is 0 Å². The molecule has 0 bridgehead atoms. The van der Waals surface area contributed by atoms with Gasteiger partial charge in [0.05, 0.1) is 13.2 Å². The van der Waals surface area contributed by atoms with Crippen LogP contribution in [0.3, 0.4) is 0 Å². The Balaban J connectivity index is 1.97. The van der Waals surface area contributed by atoms with Crippen molar-refractivity contribution in [2.24, 2.45) is 0 Å². The molecule has 0 fully saturated rings. The second-order valence-electron chi connectivity index (χ2n) is 5.18. The topological polar surface area (TPSA) is 99.4 Å². The molecule has 0 saturated heterocycles. The molecule has 0 radical (unpaired) electrons. The zero-order chi connectivity index (χ0) is 15.9. The molecule has 1 aliphatic heterocycles. The van der Waals surface area contributed by atoms with Crippen molar-refractivity contribution in [3.8, 4) is 28.7 Å². The van der Waals surface area contributed by atoms with Crippen molar-refractivity contribution in [1.82, 2.24) is 0 Å². The number of aliphatic hydroxyl groups excluding tert-OH is 1. The summed E-state index contributed by atoms with van der Waals surface area (Å²) in [6.45, 7) is 0. The fourth-order valence-corrected chi connectivity index (χ4v) is 2.63. The number of benzene rings is 2. The molecule has 6 nitrogen and oxygen atoms in total. The van der Waals surface area contributed by atoms with Crippen LogP contribution in [0.2, 0.25) is 0 Å². The number of ether oxygens (including phenoxy) is 2. The van der Waals surface area contributed by atoms with E-state index >= 15 is 0 Å². The van der Waals surface area contributed by atoms with Gasteiger partial charge in [-0.05, 0) is 17.7 Å². The third-order valence-corrected chi connectivity index (χ3v) is 3.72. The number of hydrogen-bond acceptors (Lipinski definition) is 6. The molecule has 0 aromatic heterocycles. The van der Waals surface area contributed by atoms with Gasteiger partial charge in [-0.15, -0.1) is 0 Å². The molecule has 1 heterocycles. The molecular weight excluding hydrogens is 288 g/mol. The van der Waals surface area contributed by atoms with E-state index in [0.29, 0.717) is 22.6 Å². The van der Waals surface area contributed by atoms with E-state index in [0.717, 1.165) is 0 Å². The number of fused-ring (bicyclic) bond motifs is 1. The van der Waals surface area contributed by atoms with Crippen LogP contribution in [0.1, 0.15) is 17.2 Å². The molecule has 2 aromatic carbocycles. The highest BCUT2D eigenvalue weighted by Gasteiger charge is 2.32. The van der Waals surface area contributed by atoms with Gasteiger partial charge in [-0.25, -0.2) is 0 Å². The van der Waals surface area contributed by atoms with Crippen molar-refractivity contribution < 1.29 is 29.9 Å². The summed E-state index contributed by atoms with van der Waals surface area (Å²) in [6.07, 6.45) is -1.43. The Morgan fingerprint density at radius 3 is 2.55 bits per heavy atom. The summed E-state index contributed by atoms with van der Waals surface area (Å²) in [5.74, 6) is 0.335. The van der Waals surface area contributed by atoms with E-state index in [4.69, 9.17) is 9.47 Å². The van der Waals surface area contributed by atoms with Crippen molar-refractivity contribution >= 4 is 0 Å². The zero-order valence-corrected chi connectivity index (χ0v) is 11.9. The highest BCUT2D eigenvalue weighted by molar-refractivity contribution is 5.52. The van der Waals surface area contributed by atoms with Crippen LogP contribution in [-0.4, -0.2) is 33.6 Å². The maximum absolute atomic E-state index is 10.3. The average Bonchev–Trinajstić information content (AvgIpc) is 2.47. The number of hydrogen-bond donors (Lipinski definition) is 4. The summed E-state index contributed by atoms with van der Waals surface area (Å²) in [6, 6.07) is 7.31. The lowest BCUT2D eigenvalue weighted by molar-refractivity contribution is 0.0197. The minimum absolute atomic E-state index is 0.0552. The Labute approximate surface area is 126 Å². The van der Waals surface area contributed by atoms with E-state index in [9.17, 15) is 20.4 Å². The van der Waals surface area contributed by atoms with Crippen molar-refractivity contribution in [3.63, 3.8) is 0 Å².